The van der Waals surface area contributed by atoms with Gasteiger partial charge in [-0.15, -0.1) is 0 Å². The van der Waals surface area contributed by atoms with Crippen LogP contribution in [0.3, 0.4) is 0 Å². The number of hydrogen-bond donors (Lipinski definition) is 6. The van der Waals surface area contributed by atoms with Crippen LogP contribution in [0.2, 0.25) is 0 Å². The Morgan fingerprint density at radius 3 is 1.40 bits per heavy atom. The highest BCUT2D eigenvalue weighted by Crippen LogP contribution is 2.39. The van der Waals surface area contributed by atoms with Gasteiger partial charge in [0.25, 0.3) is 11.8 Å². The molecule has 4 heterocycles. The number of nitrogens with one attached hydrogen (secondary N) is 6. The lowest BCUT2D eigenvalue weighted by molar-refractivity contribution is 0.101. The molecule has 6 N–H and O–H groups in total. The number of aromatic amines is 2. The van der Waals surface area contributed by atoms with Crippen LogP contribution in [0.4, 0.5) is 22.7 Å². The molecule has 2 aromatic heterocycles. The van der Waals surface area contributed by atoms with Crippen molar-refractivity contribution in [2.75, 3.05) is 34.4 Å². The number of pyridine rings is 2. The van der Waals surface area contributed by atoms with Gasteiger partial charge in [0, 0.05) is 70.0 Å². The molecule has 2 aliphatic rings. The fourth-order valence-corrected chi connectivity index (χ4v) is 7.07. The molecule has 0 atom stereocenters. The Kier molecular flexibility index (Phi) is 8.92. The predicted molar refractivity (Wildman–Crippen MR) is 210 cm³/mol. The number of fused-ring (bicyclic) bond motifs is 4. The van der Waals surface area contributed by atoms with Crippen LogP contribution in [-0.2, 0) is 10.8 Å². The first-order valence-corrected chi connectivity index (χ1v) is 17.5. The quantitative estimate of drug-likeness (QED) is 0.111. The van der Waals surface area contributed by atoms with Crippen molar-refractivity contribution < 1.29 is 9.59 Å². The van der Waals surface area contributed by atoms with Gasteiger partial charge in [0.15, 0.2) is 0 Å². The minimum atomic E-state index is -0.410. The molecule has 10 nitrogen and oxygen atoms in total. The fourth-order valence-electron chi connectivity index (χ4n) is 7.07. The van der Waals surface area contributed by atoms with Crippen molar-refractivity contribution >= 4 is 56.4 Å². The highest BCUT2D eigenvalue weighted by atomic mass is 16.2. The highest BCUT2D eigenvalue weighted by molar-refractivity contribution is 6.06. The first-order valence-electron chi connectivity index (χ1n) is 17.5. The van der Waals surface area contributed by atoms with Crippen LogP contribution < -0.4 is 32.1 Å². The zero-order chi connectivity index (χ0) is 36.6. The molecule has 4 aromatic carbocycles. The molecular formula is C42H42N6O4. The van der Waals surface area contributed by atoms with E-state index < -0.39 is 11.8 Å². The third kappa shape index (κ3) is 6.67. The van der Waals surface area contributed by atoms with Gasteiger partial charge >= 0.3 is 0 Å². The van der Waals surface area contributed by atoms with Gasteiger partial charge in [-0.2, -0.15) is 0 Å². The number of H-pyrrole nitrogens is 2. The zero-order valence-electron chi connectivity index (χ0n) is 29.7. The van der Waals surface area contributed by atoms with Crippen molar-refractivity contribution in [1.82, 2.24) is 9.97 Å². The number of hydrogen-bond acceptors (Lipinski definition) is 6. The van der Waals surface area contributed by atoms with Gasteiger partial charge in [-0.3, -0.25) is 19.2 Å². The molecule has 8 rings (SSSR count). The summed E-state index contributed by atoms with van der Waals surface area (Å²) in [6.07, 6.45) is 5.08. The molecule has 0 saturated heterocycles. The van der Waals surface area contributed by atoms with E-state index in [0.717, 1.165) is 37.3 Å². The molecule has 0 unspecified atom stereocenters. The molecule has 0 spiro atoms. The molecule has 2 amide bonds. The summed E-state index contributed by atoms with van der Waals surface area (Å²) in [6.45, 7) is 10.7. The Balaban J connectivity index is 0.000000162. The van der Waals surface area contributed by atoms with E-state index in [1.807, 2.05) is 60.7 Å². The molecular weight excluding hydrogens is 653 g/mol. The number of aromatic nitrogens is 2. The second-order valence-electron chi connectivity index (χ2n) is 14.7. The third-order valence-corrected chi connectivity index (χ3v) is 10.2. The Hall–Kier alpha value is -6.16. The van der Waals surface area contributed by atoms with Gasteiger partial charge in [-0.1, -0.05) is 64.1 Å². The summed E-state index contributed by atoms with van der Waals surface area (Å²) < 4.78 is 0. The standard InChI is InChI=1S/2C21H21N3O2/c2*1-21(2)9-10-22-18-11-13(7-8-16(18)21)24-20(26)15-12-23-17-6-4-3-5-14(17)19(15)25/h2*3-8,11-12,22H,9-10H2,1-2H3,(H,23,25)(H,24,26). The largest absolute Gasteiger partial charge is 0.385 e. The maximum atomic E-state index is 12.6. The van der Waals surface area contributed by atoms with E-state index in [1.54, 1.807) is 24.3 Å². The number of carbonyl (C=O) groups is 2. The molecule has 0 bridgehead atoms. The topological polar surface area (TPSA) is 148 Å². The smallest absolute Gasteiger partial charge is 0.261 e. The second-order valence-corrected chi connectivity index (χ2v) is 14.7. The lowest BCUT2D eigenvalue weighted by Crippen LogP contribution is -2.28. The van der Waals surface area contributed by atoms with Gasteiger partial charge in [0.1, 0.15) is 11.1 Å². The van der Waals surface area contributed by atoms with E-state index in [4.69, 9.17) is 0 Å². The zero-order valence-corrected chi connectivity index (χ0v) is 29.7. The van der Waals surface area contributed by atoms with Crippen molar-refractivity contribution in [3.8, 4) is 0 Å². The Morgan fingerprint density at radius 1 is 0.577 bits per heavy atom. The van der Waals surface area contributed by atoms with E-state index in [1.165, 1.54) is 23.5 Å². The van der Waals surface area contributed by atoms with E-state index in [0.29, 0.717) is 33.2 Å². The van der Waals surface area contributed by atoms with E-state index in [9.17, 15) is 19.2 Å². The second kappa shape index (κ2) is 13.5. The first-order chi connectivity index (χ1) is 24.9. The SMILES string of the molecule is CC1(C)CCNc2cc(NC(=O)c3c[nH]c4ccccc4c3=O)ccc21.CC1(C)CCNc2cc(NC(=O)c3c[nH]c4ccccc4c3=O)ccc21. The molecule has 52 heavy (non-hydrogen) atoms. The van der Waals surface area contributed by atoms with Crippen LogP contribution in [0, 0.1) is 0 Å². The molecule has 10 heteroatoms. The lowest BCUT2D eigenvalue weighted by Gasteiger charge is -2.33. The summed E-state index contributed by atoms with van der Waals surface area (Å²) >= 11 is 0. The average molecular weight is 695 g/mol. The first kappa shape index (κ1) is 34.3. The van der Waals surface area contributed by atoms with Crippen molar-refractivity contribution in [2.45, 2.75) is 51.4 Å². The van der Waals surface area contributed by atoms with Gasteiger partial charge in [-0.25, -0.2) is 0 Å². The lowest BCUT2D eigenvalue weighted by atomic mass is 9.78. The van der Waals surface area contributed by atoms with Crippen LogP contribution >= 0.6 is 0 Å². The summed E-state index contributed by atoms with van der Waals surface area (Å²) in [5, 5.41) is 13.5. The maximum Gasteiger partial charge on any atom is 0.261 e. The van der Waals surface area contributed by atoms with Crippen molar-refractivity contribution in [2.24, 2.45) is 0 Å². The maximum absolute atomic E-state index is 12.6. The number of para-hydroxylation sites is 2. The molecule has 0 saturated carbocycles. The molecule has 264 valence electrons. The number of carbonyl (C=O) groups excluding carboxylic acids is 2. The van der Waals surface area contributed by atoms with Crippen LogP contribution in [0.5, 0.6) is 0 Å². The minimum Gasteiger partial charge on any atom is -0.385 e. The number of benzene rings is 4. The Labute approximate surface area is 301 Å². The normalized spacial score (nSPS) is 15.2. The van der Waals surface area contributed by atoms with Crippen LogP contribution in [-0.4, -0.2) is 34.9 Å². The number of rotatable bonds is 4. The third-order valence-electron chi connectivity index (χ3n) is 10.2. The van der Waals surface area contributed by atoms with Gasteiger partial charge in [0.2, 0.25) is 10.9 Å². The molecule has 0 aliphatic carbocycles. The average Bonchev–Trinajstić information content (AvgIpc) is 3.12. The highest BCUT2D eigenvalue weighted by Gasteiger charge is 2.28. The van der Waals surface area contributed by atoms with Crippen molar-refractivity contribution in [1.29, 1.82) is 0 Å². The van der Waals surface area contributed by atoms with Gasteiger partial charge in [-0.05, 0) is 83.3 Å². The fraction of sp³-hybridized carbons (Fsp3) is 0.238. The van der Waals surface area contributed by atoms with E-state index in [2.05, 4.69) is 58.9 Å². The Bertz CT molecular complexity index is 2310. The molecule has 0 radical (unpaired) electrons. The minimum absolute atomic E-state index is 0.106. The van der Waals surface area contributed by atoms with Crippen LogP contribution in [0.15, 0.2) is 107 Å². The summed E-state index contributed by atoms with van der Waals surface area (Å²) in [5.41, 5.74) is 7.22. The molecule has 2 aliphatic heterocycles. The van der Waals surface area contributed by atoms with Gasteiger partial charge < -0.3 is 31.2 Å². The van der Waals surface area contributed by atoms with E-state index >= 15 is 0 Å². The summed E-state index contributed by atoms with van der Waals surface area (Å²) in [6, 6.07) is 26.1. The van der Waals surface area contributed by atoms with Crippen LogP contribution in [0.25, 0.3) is 21.8 Å². The number of amides is 2. The predicted octanol–water partition coefficient (Wildman–Crippen LogP) is 7.75. The van der Waals surface area contributed by atoms with Gasteiger partial charge in [0.05, 0.1) is 0 Å². The number of anilines is 4. The van der Waals surface area contributed by atoms with Crippen molar-refractivity contribution in [3.63, 3.8) is 0 Å². The molecule has 0 fully saturated rings. The van der Waals surface area contributed by atoms with E-state index in [-0.39, 0.29) is 32.8 Å². The summed E-state index contributed by atoms with van der Waals surface area (Å²) in [7, 11) is 0. The Morgan fingerprint density at radius 2 is 0.981 bits per heavy atom. The van der Waals surface area contributed by atoms with Crippen LogP contribution in [0.1, 0.15) is 72.4 Å². The monoisotopic (exact) mass is 694 g/mol. The summed E-state index contributed by atoms with van der Waals surface area (Å²) in [5.74, 6) is -0.820. The summed E-state index contributed by atoms with van der Waals surface area (Å²) in [4.78, 5) is 56.4. The van der Waals surface area contributed by atoms with Crippen molar-refractivity contribution in [3.05, 3.63) is 140 Å². The molecule has 6 aromatic rings.